The molecular weight excluding hydrogens is 389 g/mol. The predicted molar refractivity (Wildman–Crippen MR) is 111 cm³/mol. The van der Waals surface area contributed by atoms with Crippen molar-refractivity contribution in [2.45, 2.75) is 31.3 Å². The second kappa shape index (κ2) is 11.7. The second-order valence-corrected chi connectivity index (χ2v) is 6.95. The van der Waals surface area contributed by atoms with E-state index in [1.807, 2.05) is 12.1 Å². The average Bonchev–Trinajstić information content (AvgIpc) is 3.10. The summed E-state index contributed by atoms with van der Waals surface area (Å²) in [6, 6.07) is 8.43. The third-order valence-corrected chi connectivity index (χ3v) is 5.30. The highest BCUT2D eigenvalue weighted by Crippen LogP contribution is 2.26. The summed E-state index contributed by atoms with van der Waals surface area (Å²) in [4.78, 5) is 14.9. The van der Waals surface area contributed by atoms with Gasteiger partial charge in [-0.25, -0.2) is 0 Å². The maximum atomic E-state index is 12.5. The van der Waals surface area contributed by atoms with Gasteiger partial charge in [0, 0.05) is 31.6 Å². The lowest BCUT2D eigenvalue weighted by atomic mass is 10.0. The van der Waals surface area contributed by atoms with Crippen molar-refractivity contribution in [3.63, 3.8) is 0 Å². The first-order valence-corrected chi connectivity index (χ1v) is 9.16. The van der Waals surface area contributed by atoms with E-state index in [2.05, 4.69) is 22.3 Å². The predicted octanol–water partition coefficient (Wildman–Crippen LogP) is 2.16. The maximum absolute atomic E-state index is 12.5. The molecule has 1 saturated carbocycles. The van der Waals surface area contributed by atoms with Crippen LogP contribution in [0, 0.1) is 5.92 Å². The molecule has 1 aliphatic carbocycles. The molecule has 3 atom stereocenters. The Hall–Kier alpha value is -1.05. The van der Waals surface area contributed by atoms with Gasteiger partial charge < -0.3 is 20.5 Å². The number of hydrogen-bond donors (Lipinski definition) is 2. The van der Waals surface area contributed by atoms with Crippen LogP contribution in [0.4, 0.5) is 0 Å². The van der Waals surface area contributed by atoms with E-state index in [0.29, 0.717) is 6.54 Å². The molecule has 0 radical (unpaired) electrons. The van der Waals surface area contributed by atoms with Crippen LogP contribution in [0.25, 0.3) is 0 Å². The van der Waals surface area contributed by atoms with E-state index in [0.717, 1.165) is 51.3 Å². The van der Waals surface area contributed by atoms with E-state index >= 15 is 0 Å². The maximum Gasteiger partial charge on any atom is 0.223 e. The third kappa shape index (κ3) is 6.50. The molecule has 1 aliphatic heterocycles. The van der Waals surface area contributed by atoms with Gasteiger partial charge in [-0.2, -0.15) is 0 Å². The zero-order valence-electron chi connectivity index (χ0n) is 15.8. The van der Waals surface area contributed by atoms with Gasteiger partial charge in [0.2, 0.25) is 5.91 Å². The van der Waals surface area contributed by atoms with Crippen molar-refractivity contribution < 1.29 is 14.3 Å². The molecule has 1 saturated heterocycles. The SMILES string of the molecule is COc1ccc(C(CNC(=O)C2CCC(N)C2)N2CCOCC2)cc1.Cl.Cl. The minimum absolute atomic E-state index is 0. The molecule has 0 spiro atoms. The Morgan fingerprint density at radius 1 is 1.26 bits per heavy atom. The Bertz CT molecular complexity index is 568. The monoisotopic (exact) mass is 419 g/mol. The minimum atomic E-state index is 0. The number of carbonyl (C=O) groups excluding carboxylic acids is 1. The number of morpholine rings is 1. The zero-order valence-corrected chi connectivity index (χ0v) is 17.4. The molecular formula is C19H31Cl2N3O3. The van der Waals surface area contributed by atoms with Gasteiger partial charge in [-0.15, -0.1) is 24.8 Å². The van der Waals surface area contributed by atoms with E-state index in [1.165, 1.54) is 5.56 Å². The molecule has 2 fully saturated rings. The van der Waals surface area contributed by atoms with Crippen LogP contribution in [-0.2, 0) is 9.53 Å². The van der Waals surface area contributed by atoms with Gasteiger partial charge in [-0.3, -0.25) is 9.69 Å². The van der Waals surface area contributed by atoms with E-state index in [9.17, 15) is 4.79 Å². The Morgan fingerprint density at radius 3 is 2.48 bits per heavy atom. The van der Waals surface area contributed by atoms with Crippen LogP contribution in [0.2, 0.25) is 0 Å². The largest absolute Gasteiger partial charge is 0.497 e. The van der Waals surface area contributed by atoms with Crippen LogP contribution in [0.3, 0.4) is 0 Å². The summed E-state index contributed by atoms with van der Waals surface area (Å²) < 4.78 is 10.7. The van der Waals surface area contributed by atoms with Crippen LogP contribution in [0.5, 0.6) is 5.75 Å². The van der Waals surface area contributed by atoms with E-state index < -0.39 is 0 Å². The number of benzene rings is 1. The lowest BCUT2D eigenvalue weighted by Gasteiger charge is -2.35. The van der Waals surface area contributed by atoms with Crippen LogP contribution in [-0.4, -0.2) is 56.8 Å². The van der Waals surface area contributed by atoms with Crippen molar-refractivity contribution in [3.05, 3.63) is 29.8 Å². The first-order valence-electron chi connectivity index (χ1n) is 9.16. The molecule has 3 rings (SSSR count). The van der Waals surface area contributed by atoms with Crippen molar-refractivity contribution in [2.24, 2.45) is 11.7 Å². The standard InChI is InChI=1S/C19H29N3O3.2ClH/c1-24-17-6-3-14(4-7-17)18(22-8-10-25-11-9-22)13-21-19(23)15-2-5-16(20)12-15;;/h3-4,6-7,15-16,18H,2,5,8-13,20H2,1H3,(H,21,23);2*1H. The van der Waals surface area contributed by atoms with Gasteiger partial charge in [-0.05, 0) is 37.0 Å². The molecule has 1 aromatic rings. The second-order valence-electron chi connectivity index (χ2n) is 6.95. The van der Waals surface area contributed by atoms with Crippen molar-refractivity contribution >= 4 is 30.7 Å². The third-order valence-electron chi connectivity index (χ3n) is 5.30. The summed E-state index contributed by atoms with van der Waals surface area (Å²) in [7, 11) is 1.67. The molecule has 1 heterocycles. The Kier molecular flexibility index (Phi) is 10.4. The smallest absolute Gasteiger partial charge is 0.223 e. The number of nitrogens with zero attached hydrogens (tertiary/aromatic N) is 1. The van der Waals surface area contributed by atoms with Crippen molar-refractivity contribution in [3.8, 4) is 5.75 Å². The van der Waals surface area contributed by atoms with E-state index in [4.69, 9.17) is 15.2 Å². The number of hydrogen-bond acceptors (Lipinski definition) is 5. The number of nitrogens with one attached hydrogen (secondary N) is 1. The van der Waals surface area contributed by atoms with E-state index in [-0.39, 0.29) is 48.7 Å². The van der Waals surface area contributed by atoms with Gasteiger partial charge in [0.05, 0.1) is 26.4 Å². The van der Waals surface area contributed by atoms with Gasteiger partial charge in [0.25, 0.3) is 0 Å². The number of nitrogens with two attached hydrogens (primary N) is 1. The molecule has 3 unspecified atom stereocenters. The van der Waals surface area contributed by atoms with Crippen LogP contribution in [0.1, 0.15) is 30.9 Å². The fourth-order valence-corrected chi connectivity index (χ4v) is 3.77. The summed E-state index contributed by atoms with van der Waals surface area (Å²) in [6.07, 6.45) is 2.65. The molecule has 27 heavy (non-hydrogen) atoms. The van der Waals surface area contributed by atoms with E-state index in [1.54, 1.807) is 7.11 Å². The van der Waals surface area contributed by atoms with Gasteiger partial charge in [0.15, 0.2) is 0 Å². The van der Waals surface area contributed by atoms with Crippen molar-refractivity contribution in [1.82, 2.24) is 10.2 Å². The van der Waals surface area contributed by atoms with Gasteiger partial charge in [-0.1, -0.05) is 12.1 Å². The van der Waals surface area contributed by atoms with Crippen LogP contribution >= 0.6 is 24.8 Å². The summed E-state index contributed by atoms with van der Waals surface area (Å²) >= 11 is 0. The van der Waals surface area contributed by atoms with Crippen molar-refractivity contribution in [2.75, 3.05) is 40.0 Å². The topological polar surface area (TPSA) is 76.8 Å². The molecule has 8 heteroatoms. The molecule has 6 nitrogen and oxygen atoms in total. The fourth-order valence-electron chi connectivity index (χ4n) is 3.77. The quantitative estimate of drug-likeness (QED) is 0.738. The molecule has 3 N–H and O–H groups in total. The number of amides is 1. The lowest BCUT2D eigenvalue weighted by molar-refractivity contribution is -0.125. The Morgan fingerprint density at radius 2 is 1.93 bits per heavy atom. The first kappa shape index (κ1) is 24.0. The molecule has 1 aromatic carbocycles. The summed E-state index contributed by atoms with van der Waals surface area (Å²) in [5.74, 6) is 1.05. The molecule has 0 bridgehead atoms. The average molecular weight is 420 g/mol. The number of halogens is 2. The molecule has 1 amide bonds. The Labute approximate surface area is 174 Å². The zero-order chi connectivity index (χ0) is 17.6. The summed E-state index contributed by atoms with van der Waals surface area (Å²) in [5, 5.41) is 3.16. The van der Waals surface area contributed by atoms with Crippen LogP contribution < -0.4 is 15.8 Å². The minimum Gasteiger partial charge on any atom is -0.497 e. The summed E-state index contributed by atoms with van der Waals surface area (Å²) in [6.45, 7) is 3.83. The highest BCUT2D eigenvalue weighted by Gasteiger charge is 2.29. The number of carbonyl (C=O) groups is 1. The normalized spacial score (nSPS) is 23.6. The highest BCUT2D eigenvalue weighted by atomic mass is 35.5. The molecule has 2 aliphatic rings. The number of rotatable bonds is 6. The van der Waals surface area contributed by atoms with Gasteiger partial charge >= 0.3 is 0 Å². The summed E-state index contributed by atoms with van der Waals surface area (Å²) in [5.41, 5.74) is 7.13. The first-order chi connectivity index (χ1) is 12.2. The molecule has 154 valence electrons. The van der Waals surface area contributed by atoms with Crippen LogP contribution in [0.15, 0.2) is 24.3 Å². The number of ether oxygens (including phenoxy) is 2. The highest BCUT2D eigenvalue weighted by molar-refractivity contribution is 5.85. The number of methoxy groups -OCH3 is 1. The lowest BCUT2D eigenvalue weighted by Crippen LogP contribution is -2.44. The molecule has 0 aromatic heterocycles. The fraction of sp³-hybridized carbons (Fsp3) is 0.632. The Balaban J connectivity index is 0.00000182. The van der Waals surface area contributed by atoms with Gasteiger partial charge in [0.1, 0.15) is 5.75 Å². The van der Waals surface area contributed by atoms with Crippen molar-refractivity contribution in [1.29, 1.82) is 0 Å².